The summed E-state index contributed by atoms with van der Waals surface area (Å²) in [4.78, 5) is 0. The van der Waals surface area contributed by atoms with Crippen molar-refractivity contribution in [3.8, 4) is 22.3 Å². The van der Waals surface area contributed by atoms with Crippen LogP contribution in [0.4, 0.5) is 0 Å². The molecule has 0 radical (unpaired) electrons. The fraction of sp³-hybridized carbons (Fsp3) is 0.412. The minimum absolute atomic E-state index is 0.293. The van der Waals surface area contributed by atoms with E-state index in [9.17, 15) is 0 Å². The number of rotatable bonds is 6. The molecule has 0 fully saturated rings. The summed E-state index contributed by atoms with van der Waals surface area (Å²) >= 11 is 0. The molecule has 3 heteroatoms. The first kappa shape index (κ1) is 52.8. The Bertz CT molecular complexity index is 2880. The van der Waals surface area contributed by atoms with E-state index in [-0.39, 0.29) is 0 Å². The number of fused-ring (bicyclic) bond motifs is 6. The summed E-state index contributed by atoms with van der Waals surface area (Å²) in [5, 5.41) is 10.3. The summed E-state index contributed by atoms with van der Waals surface area (Å²) in [5.74, 6) is 1.27. The maximum absolute atomic E-state index is 2.57. The van der Waals surface area contributed by atoms with Crippen molar-refractivity contribution in [2.45, 2.75) is 162 Å². The molecule has 0 spiro atoms. The van der Waals surface area contributed by atoms with Gasteiger partial charge in [-0.3, -0.25) is 0 Å². The third-order valence-corrected chi connectivity index (χ3v) is 30.3. The van der Waals surface area contributed by atoms with Crippen molar-refractivity contribution >= 4 is 34.6 Å². The van der Waals surface area contributed by atoms with Crippen molar-refractivity contribution < 1.29 is 0 Å². The highest BCUT2D eigenvalue weighted by Crippen LogP contribution is 2.49. The van der Waals surface area contributed by atoms with Gasteiger partial charge in [0.15, 0.2) is 0 Å². The van der Waals surface area contributed by atoms with Gasteiger partial charge in [0.1, 0.15) is 24.2 Å². The lowest BCUT2D eigenvalue weighted by molar-refractivity contribution is 0.495. The second-order valence-corrected chi connectivity index (χ2v) is 39.2. The SMILES string of the molecule is CC1=C([Si](C)(C)C2=C(C)C=C(C(C)(C)C)C2)CC(C(C)(C)C)=C1.CC1=CC(C)C([Si](C)(C)C2=C(C)C(C)=CC2C)=C1C.C[Si](C)(c1cccc2c1Cc1ccccc1-2)c1cccc2c1Cc1ccccc1-2. The lowest BCUT2D eigenvalue weighted by Gasteiger charge is -2.33. The average Bonchev–Trinajstić information content (AvgIpc) is 4.14. The zero-order valence-electron chi connectivity index (χ0n) is 47.9. The smallest absolute Gasteiger partial charge is 0.0748 e. The minimum Gasteiger partial charge on any atom is -0.0748 e. The van der Waals surface area contributed by atoms with Gasteiger partial charge in [-0.25, -0.2) is 0 Å². The molecule has 71 heavy (non-hydrogen) atoms. The molecule has 4 aromatic rings. The van der Waals surface area contributed by atoms with Crippen LogP contribution in [0.5, 0.6) is 0 Å². The molecule has 4 aromatic carbocycles. The van der Waals surface area contributed by atoms with Gasteiger partial charge in [0.2, 0.25) is 0 Å². The Hall–Kier alpha value is -4.55. The fourth-order valence-electron chi connectivity index (χ4n) is 14.2. The van der Waals surface area contributed by atoms with E-state index in [2.05, 4.69) is 245 Å². The summed E-state index contributed by atoms with van der Waals surface area (Å²) < 4.78 is 0. The summed E-state index contributed by atoms with van der Waals surface area (Å²) in [6.07, 6.45) is 14.4. The quantitative estimate of drug-likeness (QED) is 0.146. The molecule has 372 valence electrons. The second-order valence-electron chi connectivity index (χ2n) is 26.1. The van der Waals surface area contributed by atoms with Crippen LogP contribution >= 0.6 is 0 Å². The molecule has 10 rings (SSSR count). The second kappa shape index (κ2) is 19.1. The molecule has 0 amide bonds. The Labute approximate surface area is 435 Å². The van der Waals surface area contributed by atoms with Crippen LogP contribution in [0.1, 0.15) is 132 Å². The molecule has 0 aliphatic heterocycles. The first-order valence-electron chi connectivity index (χ1n) is 27.1. The molecule has 0 heterocycles. The topological polar surface area (TPSA) is 0 Å². The van der Waals surface area contributed by atoms with E-state index < -0.39 is 24.2 Å². The van der Waals surface area contributed by atoms with Gasteiger partial charge < -0.3 is 0 Å². The van der Waals surface area contributed by atoms with E-state index in [0.29, 0.717) is 22.7 Å². The molecule has 0 saturated carbocycles. The van der Waals surface area contributed by atoms with Crippen LogP contribution in [0.2, 0.25) is 39.3 Å². The maximum atomic E-state index is 2.57. The molecular formula is C68H88Si3. The fourth-order valence-corrected chi connectivity index (χ4v) is 26.2. The van der Waals surface area contributed by atoms with Crippen molar-refractivity contribution in [2.24, 2.45) is 22.7 Å². The zero-order chi connectivity index (χ0) is 51.9. The summed E-state index contributed by atoms with van der Waals surface area (Å²) in [6.45, 7) is 48.1. The van der Waals surface area contributed by atoms with Crippen molar-refractivity contribution in [2.75, 3.05) is 0 Å². The lowest BCUT2D eigenvalue weighted by atomic mass is 9.86. The Morgan fingerprint density at radius 1 is 0.408 bits per heavy atom. The van der Waals surface area contributed by atoms with Crippen LogP contribution in [-0.4, -0.2) is 24.2 Å². The molecular weight excluding hydrogens is 901 g/mol. The van der Waals surface area contributed by atoms with Crippen molar-refractivity contribution in [1.29, 1.82) is 0 Å². The van der Waals surface area contributed by atoms with Gasteiger partial charge >= 0.3 is 0 Å². The van der Waals surface area contributed by atoms with Gasteiger partial charge in [-0.05, 0) is 134 Å². The van der Waals surface area contributed by atoms with Gasteiger partial charge in [-0.15, -0.1) is 0 Å². The van der Waals surface area contributed by atoms with E-state index in [1.807, 2.05) is 0 Å². The summed E-state index contributed by atoms with van der Waals surface area (Å²) in [5.41, 5.74) is 24.9. The standard InChI is InChI=1S/C28H24Si.C22H36Si.C18H28Si/c1-29(2,27-15-7-13-23-21-11-5-3-9-19(21)17-25(23)27)28-16-8-14-24-22-12-6-4-10-20(22)18-26(24)28;1-15-11-17(21(3,4)5)13-19(15)23(9,10)20-14-18(12-16(20)2)22(6,7)8;1-11-9-13(3)17(15(11)5)19(7,8)18-14(4)10-12(2)16(18)6/h3-16H,17-18H2,1-2H3;11-12H,13-14H2,1-10H3;9-10,13-14H,1-8H3. The summed E-state index contributed by atoms with van der Waals surface area (Å²) in [7, 11) is -4.92. The van der Waals surface area contributed by atoms with Gasteiger partial charge in [-0.1, -0.05) is 280 Å². The molecule has 0 saturated heterocycles. The average molecular weight is 990 g/mol. The largest absolute Gasteiger partial charge is 0.113 e. The predicted molar refractivity (Wildman–Crippen MR) is 322 cm³/mol. The maximum Gasteiger partial charge on any atom is 0.113 e. The van der Waals surface area contributed by atoms with Crippen LogP contribution in [0.3, 0.4) is 0 Å². The normalized spacial score (nSPS) is 19.7. The first-order valence-corrected chi connectivity index (χ1v) is 36.1. The molecule has 6 aliphatic carbocycles. The van der Waals surface area contributed by atoms with Gasteiger partial charge in [0.25, 0.3) is 0 Å². The molecule has 0 nitrogen and oxygen atoms in total. The summed E-state index contributed by atoms with van der Waals surface area (Å²) in [6, 6.07) is 31.9. The Balaban J connectivity index is 0.000000147. The number of allylic oxidation sites excluding steroid dienone is 16. The monoisotopic (exact) mass is 989 g/mol. The number of benzene rings is 4. The Morgan fingerprint density at radius 2 is 0.761 bits per heavy atom. The van der Waals surface area contributed by atoms with E-state index in [0.717, 1.165) is 12.8 Å². The van der Waals surface area contributed by atoms with Crippen molar-refractivity contribution in [1.82, 2.24) is 0 Å². The number of hydrogen-bond donors (Lipinski definition) is 0. The van der Waals surface area contributed by atoms with Gasteiger partial charge in [0.05, 0.1) is 0 Å². The predicted octanol–water partition coefficient (Wildman–Crippen LogP) is 18.4. The third kappa shape index (κ3) is 9.63. The van der Waals surface area contributed by atoms with E-state index in [4.69, 9.17) is 0 Å². The van der Waals surface area contributed by atoms with Crippen LogP contribution in [0.25, 0.3) is 22.3 Å². The molecule has 6 aliphatic rings. The molecule has 2 unspecified atom stereocenters. The Morgan fingerprint density at radius 3 is 1.08 bits per heavy atom. The van der Waals surface area contributed by atoms with Crippen LogP contribution in [0.15, 0.2) is 175 Å². The van der Waals surface area contributed by atoms with E-state index in [1.54, 1.807) is 75.7 Å². The zero-order valence-corrected chi connectivity index (χ0v) is 50.9. The van der Waals surface area contributed by atoms with Crippen molar-refractivity contribution in [3.63, 3.8) is 0 Å². The highest BCUT2D eigenvalue weighted by Gasteiger charge is 2.42. The van der Waals surface area contributed by atoms with Gasteiger partial charge in [0, 0.05) is 0 Å². The minimum atomic E-state index is -1.85. The highest BCUT2D eigenvalue weighted by atomic mass is 28.3. The third-order valence-electron chi connectivity index (χ3n) is 18.2. The van der Waals surface area contributed by atoms with Gasteiger partial charge in [-0.2, -0.15) is 0 Å². The van der Waals surface area contributed by atoms with E-state index in [1.165, 1.54) is 57.4 Å². The first-order chi connectivity index (χ1) is 33.1. The molecule has 0 N–H and O–H groups in total. The molecule has 2 atom stereocenters. The molecule has 0 bridgehead atoms. The molecule has 0 aromatic heterocycles. The lowest BCUT2D eigenvalue weighted by Crippen LogP contribution is -2.55. The van der Waals surface area contributed by atoms with Crippen LogP contribution < -0.4 is 10.4 Å². The Kier molecular flexibility index (Phi) is 14.2. The highest BCUT2D eigenvalue weighted by molar-refractivity contribution is 7.01. The van der Waals surface area contributed by atoms with E-state index >= 15 is 0 Å². The van der Waals surface area contributed by atoms with Crippen molar-refractivity contribution in [3.05, 3.63) is 197 Å². The van der Waals surface area contributed by atoms with Crippen LogP contribution in [-0.2, 0) is 12.8 Å². The van der Waals surface area contributed by atoms with Crippen LogP contribution in [0, 0.1) is 22.7 Å². The number of hydrogen-bond acceptors (Lipinski definition) is 0.